The molecule has 4 nitrogen and oxygen atoms in total. The standard InChI is InChI=1S/C16H17ClN2O2/c1-10(2)16(21)8-19(9-16)15(20)13-7-11-5-3-4-6-12(11)14(17)18-13/h3-7,10,21H,8-9H2,1-2H3. The molecule has 0 aliphatic carbocycles. The Morgan fingerprint density at radius 3 is 2.71 bits per heavy atom. The number of hydrogen-bond donors (Lipinski definition) is 1. The van der Waals surface area contributed by atoms with E-state index in [4.69, 9.17) is 11.6 Å². The third kappa shape index (κ3) is 2.39. The van der Waals surface area contributed by atoms with Gasteiger partial charge in [-0.15, -0.1) is 0 Å². The maximum atomic E-state index is 12.4. The molecule has 0 radical (unpaired) electrons. The number of halogens is 1. The molecule has 3 rings (SSSR count). The minimum atomic E-state index is -0.781. The van der Waals surface area contributed by atoms with Crippen LogP contribution < -0.4 is 0 Å². The van der Waals surface area contributed by atoms with E-state index in [1.54, 1.807) is 11.0 Å². The van der Waals surface area contributed by atoms with E-state index in [1.807, 2.05) is 38.1 Å². The second kappa shape index (κ2) is 4.97. The van der Waals surface area contributed by atoms with Crippen molar-refractivity contribution >= 4 is 28.3 Å². The molecule has 1 fully saturated rings. The van der Waals surface area contributed by atoms with E-state index in [1.165, 1.54) is 0 Å². The molecule has 0 unspecified atom stereocenters. The molecule has 2 heterocycles. The van der Waals surface area contributed by atoms with Gasteiger partial charge in [-0.2, -0.15) is 0 Å². The van der Waals surface area contributed by atoms with Gasteiger partial charge in [0.25, 0.3) is 5.91 Å². The number of carbonyl (C=O) groups excluding carboxylic acids is 1. The van der Waals surface area contributed by atoms with Gasteiger partial charge in [0.15, 0.2) is 0 Å². The van der Waals surface area contributed by atoms with Gasteiger partial charge >= 0.3 is 0 Å². The van der Waals surface area contributed by atoms with Crippen molar-refractivity contribution in [1.29, 1.82) is 0 Å². The van der Waals surface area contributed by atoms with Crippen LogP contribution >= 0.6 is 11.6 Å². The number of aliphatic hydroxyl groups is 1. The molecule has 1 amide bonds. The summed E-state index contributed by atoms with van der Waals surface area (Å²) in [4.78, 5) is 18.2. The Morgan fingerprint density at radius 1 is 1.38 bits per heavy atom. The van der Waals surface area contributed by atoms with Gasteiger partial charge in [0, 0.05) is 5.39 Å². The molecule has 1 aliphatic heterocycles. The number of aromatic nitrogens is 1. The number of β-amino-alcohol motifs (C(OH)–C–C–N with tert-alkyl or cyclic N) is 1. The minimum Gasteiger partial charge on any atom is -0.386 e. The molecule has 0 bridgehead atoms. The van der Waals surface area contributed by atoms with Crippen molar-refractivity contribution in [1.82, 2.24) is 9.88 Å². The van der Waals surface area contributed by atoms with E-state index in [0.29, 0.717) is 23.9 Å². The number of likely N-dealkylation sites (tertiary alicyclic amines) is 1. The highest BCUT2D eigenvalue weighted by Gasteiger charge is 2.46. The van der Waals surface area contributed by atoms with Gasteiger partial charge in [0.05, 0.1) is 13.1 Å². The Morgan fingerprint density at radius 2 is 2.05 bits per heavy atom. The lowest BCUT2D eigenvalue weighted by atomic mass is 9.83. The summed E-state index contributed by atoms with van der Waals surface area (Å²) in [5, 5.41) is 12.3. The maximum absolute atomic E-state index is 12.4. The Hall–Kier alpha value is -1.65. The van der Waals surface area contributed by atoms with Crippen molar-refractivity contribution in [2.45, 2.75) is 19.4 Å². The molecule has 1 aromatic heterocycles. The molecule has 1 aliphatic rings. The van der Waals surface area contributed by atoms with Crippen LogP contribution in [0.1, 0.15) is 24.3 Å². The molecule has 1 aromatic carbocycles. The second-order valence-electron chi connectivity index (χ2n) is 5.94. The predicted molar refractivity (Wildman–Crippen MR) is 82.4 cm³/mol. The van der Waals surface area contributed by atoms with Crippen molar-refractivity contribution in [3.05, 3.63) is 41.2 Å². The molecule has 2 aromatic rings. The van der Waals surface area contributed by atoms with E-state index >= 15 is 0 Å². The summed E-state index contributed by atoms with van der Waals surface area (Å²) in [6.45, 7) is 4.59. The Kier molecular flexibility index (Phi) is 3.38. The highest BCUT2D eigenvalue weighted by molar-refractivity contribution is 6.34. The number of benzene rings is 1. The van der Waals surface area contributed by atoms with Crippen LogP contribution in [0.5, 0.6) is 0 Å². The van der Waals surface area contributed by atoms with Crippen LogP contribution in [0, 0.1) is 5.92 Å². The molecular formula is C16H17ClN2O2. The molecule has 0 spiro atoms. The van der Waals surface area contributed by atoms with Crippen molar-refractivity contribution in [3.63, 3.8) is 0 Å². The monoisotopic (exact) mass is 304 g/mol. The number of rotatable bonds is 2. The zero-order valence-corrected chi connectivity index (χ0v) is 12.8. The Bertz CT molecular complexity index is 708. The summed E-state index contributed by atoms with van der Waals surface area (Å²) in [7, 11) is 0. The van der Waals surface area contributed by atoms with Crippen LogP contribution in [-0.4, -0.2) is 39.6 Å². The summed E-state index contributed by atoms with van der Waals surface area (Å²) in [5.74, 6) is -0.0670. The van der Waals surface area contributed by atoms with Gasteiger partial charge in [0.2, 0.25) is 0 Å². The van der Waals surface area contributed by atoms with E-state index in [9.17, 15) is 9.90 Å². The van der Waals surface area contributed by atoms with E-state index < -0.39 is 5.60 Å². The first-order chi connectivity index (χ1) is 9.90. The summed E-state index contributed by atoms with van der Waals surface area (Å²) in [5.41, 5.74) is -0.458. The van der Waals surface area contributed by atoms with Crippen LogP contribution in [0.25, 0.3) is 10.8 Å². The second-order valence-corrected chi connectivity index (χ2v) is 6.30. The lowest BCUT2D eigenvalue weighted by Gasteiger charge is -2.48. The zero-order chi connectivity index (χ0) is 15.2. The minimum absolute atomic E-state index is 0.120. The predicted octanol–water partition coefficient (Wildman–Crippen LogP) is 2.73. The largest absolute Gasteiger partial charge is 0.386 e. The lowest BCUT2D eigenvalue weighted by Crippen LogP contribution is -2.66. The van der Waals surface area contributed by atoms with Gasteiger partial charge in [-0.3, -0.25) is 4.79 Å². The topological polar surface area (TPSA) is 53.4 Å². The number of fused-ring (bicyclic) bond motifs is 1. The molecule has 5 heteroatoms. The molecule has 1 saturated heterocycles. The number of amides is 1. The van der Waals surface area contributed by atoms with Crippen LogP contribution in [0.2, 0.25) is 5.15 Å². The third-order valence-corrected chi connectivity index (χ3v) is 4.49. The SMILES string of the molecule is CC(C)C1(O)CN(C(=O)c2cc3ccccc3c(Cl)n2)C1. The van der Waals surface area contributed by atoms with Crippen molar-refractivity contribution in [3.8, 4) is 0 Å². The van der Waals surface area contributed by atoms with Crippen molar-refractivity contribution < 1.29 is 9.90 Å². The van der Waals surface area contributed by atoms with Crippen LogP contribution in [-0.2, 0) is 0 Å². The fraction of sp³-hybridized carbons (Fsp3) is 0.375. The van der Waals surface area contributed by atoms with Gasteiger partial charge < -0.3 is 10.0 Å². The highest BCUT2D eigenvalue weighted by Crippen LogP contribution is 2.30. The van der Waals surface area contributed by atoms with E-state index in [-0.39, 0.29) is 11.8 Å². The van der Waals surface area contributed by atoms with Crippen LogP contribution in [0.15, 0.2) is 30.3 Å². The zero-order valence-electron chi connectivity index (χ0n) is 12.0. The lowest BCUT2D eigenvalue weighted by molar-refractivity contribution is -0.111. The van der Waals surface area contributed by atoms with Gasteiger partial charge in [-0.1, -0.05) is 49.7 Å². The summed E-state index contributed by atoms with van der Waals surface area (Å²) < 4.78 is 0. The number of pyridine rings is 1. The molecular weight excluding hydrogens is 288 g/mol. The normalized spacial score (nSPS) is 17.1. The molecule has 0 atom stereocenters. The number of hydrogen-bond acceptors (Lipinski definition) is 3. The maximum Gasteiger partial charge on any atom is 0.272 e. The average Bonchev–Trinajstić information content (AvgIpc) is 2.43. The van der Waals surface area contributed by atoms with E-state index in [0.717, 1.165) is 10.8 Å². The highest BCUT2D eigenvalue weighted by atomic mass is 35.5. The molecule has 110 valence electrons. The smallest absolute Gasteiger partial charge is 0.272 e. The fourth-order valence-electron chi connectivity index (χ4n) is 2.55. The Labute approximate surface area is 128 Å². The fourth-order valence-corrected chi connectivity index (χ4v) is 2.81. The average molecular weight is 305 g/mol. The van der Waals surface area contributed by atoms with E-state index in [2.05, 4.69) is 4.98 Å². The first-order valence-corrected chi connectivity index (χ1v) is 7.35. The molecule has 0 saturated carbocycles. The molecule has 21 heavy (non-hydrogen) atoms. The van der Waals surface area contributed by atoms with Gasteiger partial charge in [0.1, 0.15) is 16.4 Å². The van der Waals surface area contributed by atoms with Gasteiger partial charge in [-0.25, -0.2) is 4.98 Å². The van der Waals surface area contributed by atoms with Crippen molar-refractivity contribution in [2.24, 2.45) is 5.92 Å². The quantitative estimate of drug-likeness (QED) is 0.868. The first-order valence-electron chi connectivity index (χ1n) is 6.98. The summed E-state index contributed by atoms with van der Waals surface area (Å²) in [6, 6.07) is 9.31. The Balaban J connectivity index is 1.87. The number of nitrogens with zero attached hydrogens (tertiary/aromatic N) is 2. The summed E-state index contributed by atoms with van der Waals surface area (Å²) in [6.07, 6.45) is 0. The number of carbonyl (C=O) groups is 1. The van der Waals surface area contributed by atoms with Crippen molar-refractivity contribution in [2.75, 3.05) is 13.1 Å². The summed E-state index contributed by atoms with van der Waals surface area (Å²) >= 11 is 6.15. The van der Waals surface area contributed by atoms with Crippen LogP contribution in [0.4, 0.5) is 0 Å². The molecule has 1 N–H and O–H groups in total. The van der Waals surface area contributed by atoms with Gasteiger partial charge in [-0.05, 0) is 17.4 Å². The third-order valence-electron chi connectivity index (χ3n) is 4.20. The first kappa shape index (κ1) is 14.3. The van der Waals surface area contributed by atoms with Crippen LogP contribution in [0.3, 0.4) is 0 Å².